The molecule has 1 aliphatic heterocycles. The molecule has 1 saturated carbocycles. The Balaban J connectivity index is 2.16. The minimum absolute atomic E-state index is 0.0142. The SMILES string of the molecule is CC(C)N1C(=O)CC2(CCC2)CNC1=O. The first-order valence-electron chi connectivity index (χ1n) is 5.64. The van der Waals surface area contributed by atoms with Crippen molar-refractivity contribution in [2.24, 2.45) is 5.41 Å². The molecule has 0 radical (unpaired) electrons. The zero-order valence-electron chi connectivity index (χ0n) is 9.38. The standard InChI is InChI=1S/C11H18N2O2/c1-8(2)13-9(14)6-11(4-3-5-11)7-12-10(13)15/h8H,3-7H2,1-2H3,(H,12,15). The number of carbonyl (C=O) groups is 2. The summed E-state index contributed by atoms with van der Waals surface area (Å²) in [4.78, 5) is 25.0. The molecule has 0 bridgehead atoms. The Labute approximate surface area is 90.0 Å². The molecule has 1 saturated heterocycles. The van der Waals surface area contributed by atoms with E-state index < -0.39 is 0 Å². The van der Waals surface area contributed by atoms with Crippen molar-refractivity contribution in [1.82, 2.24) is 10.2 Å². The smallest absolute Gasteiger partial charge is 0.324 e. The Morgan fingerprint density at radius 3 is 2.47 bits per heavy atom. The lowest BCUT2D eigenvalue weighted by molar-refractivity contribution is -0.132. The van der Waals surface area contributed by atoms with Gasteiger partial charge in [-0.3, -0.25) is 9.69 Å². The van der Waals surface area contributed by atoms with Gasteiger partial charge in [-0.05, 0) is 32.1 Å². The minimum Gasteiger partial charge on any atom is -0.337 e. The molecular formula is C11H18N2O2. The Kier molecular flexibility index (Phi) is 2.44. The number of carbonyl (C=O) groups excluding carboxylic acids is 2. The van der Waals surface area contributed by atoms with E-state index in [9.17, 15) is 9.59 Å². The Bertz CT molecular complexity index is 295. The van der Waals surface area contributed by atoms with Crippen LogP contribution in [0.3, 0.4) is 0 Å². The van der Waals surface area contributed by atoms with Gasteiger partial charge < -0.3 is 5.32 Å². The summed E-state index contributed by atoms with van der Waals surface area (Å²) in [6, 6.07) is -0.272. The van der Waals surface area contributed by atoms with E-state index in [-0.39, 0.29) is 23.4 Å². The fourth-order valence-corrected chi connectivity index (χ4v) is 2.48. The number of nitrogens with one attached hydrogen (secondary N) is 1. The molecule has 4 nitrogen and oxygen atoms in total. The molecular weight excluding hydrogens is 192 g/mol. The molecule has 1 spiro atoms. The number of amides is 3. The van der Waals surface area contributed by atoms with E-state index in [2.05, 4.69) is 5.32 Å². The van der Waals surface area contributed by atoms with Crippen molar-refractivity contribution in [3.63, 3.8) is 0 Å². The van der Waals surface area contributed by atoms with Crippen LogP contribution in [0, 0.1) is 5.41 Å². The van der Waals surface area contributed by atoms with Crippen molar-refractivity contribution in [3.8, 4) is 0 Å². The fourth-order valence-electron chi connectivity index (χ4n) is 2.48. The zero-order chi connectivity index (χ0) is 11.1. The van der Waals surface area contributed by atoms with Crippen LogP contribution in [0.4, 0.5) is 4.79 Å². The van der Waals surface area contributed by atoms with Gasteiger partial charge in [0, 0.05) is 19.0 Å². The van der Waals surface area contributed by atoms with E-state index >= 15 is 0 Å². The molecule has 0 unspecified atom stereocenters. The molecule has 0 aromatic heterocycles. The second-order valence-corrected chi connectivity index (χ2v) is 5.05. The Morgan fingerprint density at radius 1 is 1.33 bits per heavy atom. The van der Waals surface area contributed by atoms with Gasteiger partial charge in [0.25, 0.3) is 0 Å². The molecule has 4 heteroatoms. The number of hydrogen-bond acceptors (Lipinski definition) is 2. The highest BCUT2D eigenvalue weighted by molar-refractivity contribution is 5.96. The number of nitrogens with zero attached hydrogens (tertiary/aromatic N) is 1. The maximum absolute atomic E-state index is 11.9. The monoisotopic (exact) mass is 210 g/mol. The highest BCUT2D eigenvalue weighted by atomic mass is 16.2. The first-order chi connectivity index (χ1) is 7.04. The van der Waals surface area contributed by atoms with Gasteiger partial charge in [0.15, 0.2) is 0 Å². The summed E-state index contributed by atoms with van der Waals surface area (Å²) in [5.41, 5.74) is 0.0797. The molecule has 1 heterocycles. The third-order valence-electron chi connectivity index (χ3n) is 3.56. The van der Waals surface area contributed by atoms with E-state index in [1.54, 1.807) is 0 Å². The fraction of sp³-hybridized carbons (Fsp3) is 0.818. The van der Waals surface area contributed by atoms with Crippen LogP contribution in [-0.4, -0.2) is 29.4 Å². The van der Waals surface area contributed by atoms with Crippen LogP contribution in [0.25, 0.3) is 0 Å². The van der Waals surface area contributed by atoms with E-state index in [0.29, 0.717) is 13.0 Å². The molecule has 1 N–H and O–H groups in total. The normalized spacial score (nSPS) is 25.1. The third kappa shape index (κ3) is 1.73. The van der Waals surface area contributed by atoms with Crippen molar-refractivity contribution < 1.29 is 9.59 Å². The van der Waals surface area contributed by atoms with E-state index in [1.165, 1.54) is 11.3 Å². The van der Waals surface area contributed by atoms with Crippen LogP contribution in [0.5, 0.6) is 0 Å². The van der Waals surface area contributed by atoms with Gasteiger partial charge >= 0.3 is 6.03 Å². The van der Waals surface area contributed by atoms with Crippen LogP contribution in [0.15, 0.2) is 0 Å². The molecule has 2 rings (SSSR count). The first-order valence-corrected chi connectivity index (χ1v) is 5.64. The minimum atomic E-state index is -0.223. The third-order valence-corrected chi connectivity index (χ3v) is 3.56. The second-order valence-electron chi connectivity index (χ2n) is 5.05. The molecule has 0 aromatic rings. The van der Waals surface area contributed by atoms with E-state index in [0.717, 1.165) is 12.8 Å². The maximum Gasteiger partial charge on any atom is 0.324 e. The van der Waals surface area contributed by atoms with Crippen LogP contribution in [-0.2, 0) is 4.79 Å². The topological polar surface area (TPSA) is 49.4 Å². The average Bonchev–Trinajstić information content (AvgIpc) is 2.20. The molecule has 84 valence electrons. The number of hydrogen-bond donors (Lipinski definition) is 1. The van der Waals surface area contributed by atoms with Gasteiger partial charge in [-0.15, -0.1) is 0 Å². The van der Waals surface area contributed by atoms with Crippen molar-refractivity contribution in [3.05, 3.63) is 0 Å². The zero-order valence-corrected chi connectivity index (χ0v) is 9.38. The highest BCUT2D eigenvalue weighted by Crippen LogP contribution is 2.44. The first kappa shape index (κ1) is 10.5. The molecule has 0 aromatic carbocycles. The second kappa shape index (κ2) is 3.51. The van der Waals surface area contributed by atoms with Crippen molar-refractivity contribution >= 4 is 11.9 Å². The average molecular weight is 210 g/mol. The van der Waals surface area contributed by atoms with Crippen molar-refractivity contribution in [2.75, 3.05) is 6.54 Å². The lowest BCUT2D eigenvalue weighted by Gasteiger charge is -2.40. The molecule has 15 heavy (non-hydrogen) atoms. The number of rotatable bonds is 1. The molecule has 2 fully saturated rings. The summed E-state index contributed by atoms with van der Waals surface area (Å²) in [5.74, 6) is -0.0142. The summed E-state index contributed by atoms with van der Waals surface area (Å²) in [7, 11) is 0. The van der Waals surface area contributed by atoms with Gasteiger partial charge in [-0.25, -0.2) is 4.79 Å². The largest absolute Gasteiger partial charge is 0.337 e. The number of urea groups is 1. The summed E-state index contributed by atoms with van der Waals surface area (Å²) in [6.45, 7) is 4.41. The molecule has 1 aliphatic carbocycles. The molecule has 0 atom stereocenters. The molecule has 2 aliphatic rings. The van der Waals surface area contributed by atoms with Crippen molar-refractivity contribution in [1.29, 1.82) is 0 Å². The quantitative estimate of drug-likeness (QED) is 0.713. The van der Waals surface area contributed by atoms with Crippen LogP contribution < -0.4 is 5.32 Å². The van der Waals surface area contributed by atoms with Crippen molar-refractivity contribution in [2.45, 2.75) is 45.6 Å². The maximum atomic E-state index is 11.9. The summed E-state index contributed by atoms with van der Waals surface area (Å²) in [5, 5.41) is 2.87. The Morgan fingerprint density at radius 2 is 2.00 bits per heavy atom. The number of imide groups is 1. The van der Waals surface area contributed by atoms with Crippen LogP contribution in [0.1, 0.15) is 39.5 Å². The highest BCUT2D eigenvalue weighted by Gasteiger charge is 2.44. The van der Waals surface area contributed by atoms with Gasteiger partial charge in [0.2, 0.25) is 5.91 Å². The van der Waals surface area contributed by atoms with E-state index in [1.807, 2.05) is 13.8 Å². The van der Waals surface area contributed by atoms with Gasteiger partial charge in [-0.2, -0.15) is 0 Å². The Hall–Kier alpha value is -1.06. The van der Waals surface area contributed by atoms with Crippen LogP contribution in [0.2, 0.25) is 0 Å². The lowest BCUT2D eigenvalue weighted by Crippen LogP contribution is -2.45. The van der Waals surface area contributed by atoms with E-state index in [4.69, 9.17) is 0 Å². The lowest BCUT2D eigenvalue weighted by atomic mass is 9.66. The van der Waals surface area contributed by atoms with Gasteiger partial charge in [0.1, 0.15) is 0 Å². The summed E-state index contributed by atoms with van der Waals surface area (Å²) < 4.78 is 0. The molecule has 3 amide bonds. The van der Waals surface area contributed by atoms with Gasteiger partial charge in [0.05, 0.1) is 0 Å². The summed E-state index contributed by atoms with van der Waals surface area (Å²) in [6.07, 6.45) is 3.87. The predicted octanol–water partition coefficient (Wildman–Crippen LogP) is 1.51. The summed E-state index contributed by atoms with van der Waals surface area (Å²) >= 11 is 0. The predicted molar refractivity (Wildman–Crippen MR) is 56.3 cm³/mol. The van der Waals surface area contributed by atoms with Gasteiger partial charge in [-0.1, -0.05) is 6.42 Å². The van der Waals surface area contributed by atoms with Crippen LogP contribution >= 0.6 is 0 Å².